The Kier molecular flexibility index (Phi) is 5.41. The van der Waals surface area contributed by atoms with Gasteiger partial charge in [-0.25, -0.2) is 15.0 Å². The van der Waals surface area contributed by atoms with Crippen molar-refractivity contribution in [3.05, 3.63) is 72.2 Å². The normalized spacial score (nSPS) is 11.3. The van der Waals surface area contributed by atoms with E-state index in [1.54, 1.807) is 41.1 Å². The Morgan fingerprint density at radius 3 is 2.61 bits per heavy atom. The molecule has 31 heavy (non-hydrogen) atoms. The molecular formula is C21H16F3N7. The molecule has 0 radical (unpaired) electrons. The maximum atomic E-state index is 13.1. The number of imidazole rings is 1. The highest BCUT2D eigenvalue weighted by molar-refractivity contribution is 5.66. The van der Waals surface area contributed by atoms with E-state index < -0.39 is 11.7 Å². The van der Waals surface area contributed by atoms with Gasteiger partial charge in [0, 0.05) is 43.3 Å². The summed E-state index contributed by atoms with van der Waals surface area (Å²) in [7, 11) is 0. The summed E-state index contributed by atoms with van der Waals surface area (Å²) in [5, 5.41) is 15.1. The monoisotopic (exact) mass is 423 g/mol. The van der Waals surface area contributed by atoms with Crippen LogP contribution >= 0.6 is 0 Å². The third kappa shape index (κ3) is 4.56. The van der Waals surface area contributed by atoms with E-state index in [2.05, 4.69) is 25.6 Å². The minimum absolute atomic E-state index is 0.350. The molecule has 10 heteroatoms. The van der Waals surface area contributed by atoms with Crippen LogP contribution in [-0.4, -0.2) is 32.4 Å². The molecule has 156 valence electrons. The van der Waals surface area contributed by atoms with Gasteiger partial charge in [-0.05, 0) is 24.3 Å². The van der Waals surface area contributed by atoms with Crippen LogP contribution in [0.25, 0.3) is 16.9 Å². The second-order valence-corrected chi connectivity index (χ2v) is 6.60. The van der Waals surface area contributed by atoms with Crippen molar-refractivity contribution in [2.24, 2.45) is 0 Å². The van der Waals surface area contributed by atoms with E-state index in [0.717, 1.165) is 12.1 Å². The fraction of sp³-hybridized carbons (Fsp3) is 0.143. The van der Waals surface area contributed by atoms with Crippen molar-refractivity contribution in [2.45, 2.75) is 6.18 Å². The molecule has 4 aromatic rings. The zero-order valence-corrected chi connectivity index (χ0v) is 16.1. The molecule has 4 rings (SSSR count). The van der Waals surface area contributed by atoms with Crippen LogP contribution in [0.5, 0.6) is 0 Å². The van der Waals surface area contributed by atoms with Gasteiger partial charge in [0.2, 0.25) is 5.95 Å². The van der Waals surface area contributed by atoms with Crippen molar-refractivity contribution in [1.29, 1.82) is 5.26 Å². The SMILES string of the molecule is N#Cc1ccc(NCCNc2nc(-c3cccc(C(F)(F)F)c3)cc3nccn23)nc1. The first-order valence-corrected chi connectivity index (χ1v) is 9.30. The van der Waals surface area contributed by atoms with Gasteiger partial charge in [-0.1, -0.05) is 12.1 Å². The van der Waals surface area contributed by atoms with Crippen LogP contribution in [0, 0.1) is 11.3 Å². The van der Waals surface area contributed by atoms with E-state index in [-0.39, 0.29) is 0 Å². The number of alkyl halides is 3. The van der Waals surface area contributed by atoms with Crippen molar-refractivity contribution in [3.8, 4) is 17.3 Å². The quantitative estimate of drug-likeness (QED) is 0.452. The number of nitrogens with zero attached hydrogens (tertiary/aromatic N) is 5. The van der Waals surface area contributed by atoms with Crippen LogP contribution in [0.1, 0.15) is 11.1 Å². The van der Waals surface area contributed by atoms with Gasteiger partial charge in [0.05, 0.1) is 16.8 Å². The van der Waals surface area contributed by atoms with Gasteiger partial charge in [-0.3, -0.25) is 4.40 Å². The largest absolute Gasteiger partial charge is 0.416 e. The molecule has 0 aliphatic rings. The van der Waals surface area contributed by atoms with Gasteiger partial charge in [0.15, 0.2) is 0 Å². The summed E-state index contributed by atoms with van der Waals surface area (Å²) in [5.41, 5.74) is 1.04. The van der Waals surface area contributed by atoms with Crippen molar-refractivity contribution < 1.29 is 13.2 Å². The minimum Gasteiger partial charge on any atom is -0.368 e. The molecule has 3 heterocycles. The van der Waals surface area contributed by atoms with Crippen LogP contribution in [0.4, 0.5) is 24.9 Å². The van der Waals surface area contributed by atoms with Crippen LogP contribution in [0.3, 0.4) is 0 Å². The number of halogens is 3. The van der Waals surface area contributed by atoms with Crippen LogP contribution in [-0.2, 0) is 6.18 Å². The highest BCUT2D eigenvalue weighted by Crippen LogP contribution is 2.32. The summed E-state index contributed by atoms with van der Waals surface area (Å²) in [4.78, 5) is 12.9. The van der Waals surface area contributed by atoms with Gasteiger partial charge >= 0.3 is 6.18 Å². The molecule has 0 saturated carbocycles. The van der Waals surface area contributed by atoms with Gasteiger partial charge in [0.25, 0.3) is 0 Å². The highest BCUT2D eigenvalue weighted by Gasteiger charge is 2.30. The number of benzene rings is 1. The maximum absolute atomic E-state index is 13.1. The number of fused-ring (bicyclic) bond motifs is 1. The molecule has 0 spiro atoms. The lowest BCUT2D eigenvalue weighted by Gasteiger charge is -2.12. The van der Waals surface area contributed by atoms with Crippen molar-refractivity contribution in [1.82, 2.24) is 19.4 Å². The summed E-state index contributed by atoms with van der Waals surface area (Å²) >= 11 is 0. The second-order valence-electron chi connectivity index (χ2n) is 6.60. The molecule has 7 nitrogen and oxygen atoms in total. The molecular weight excluding hydrogens is 407 g/mol. The maximum Gasteiger partial charge on any atom is 0.416 e. The van der Waals surface area contributed by atoms with Crippen LogP contribution < -0.4 is 10.6 Å². The summed E-state index contributed by atoms with van der Waals surface area (Å²) in [6, 6.07) is 12.1. The standard InChI is InChI=1S/C21H16F3N7/c22-21(23,24)16-3-1-2-15(10-16)17-11-19-27-8-9-31(19)20(30-17)28-7-6-26-18-5-4-14(12-25)13-29-18/h1-5,8-11,13H,6-7H2,(H,26,29)(H,28,30). The molecule has 0 fully saturated rings. The van der Waals surface area contributed by atoms with Gasteiger partial charge in [0.1, 0.15) is 17.5 Å². The zero-order valence-electron chi connectivity index (χ0n) is 16.1. The Balaban J connectivity index is 1.51. The first-order valence-electron chi connectivity index (χ1n) is 9.30. The Labute approximate surface area is 175 Å². The zero-order chi connectivity index (χ0) is 21.8. The number of rotatable bonds is 6. The fourth-order valence-electron chi connectivity index (χ4n) is 2.98. The van der Waals surface area contributed by atoms with E-state index in [9.17, 15) is 13.2 Å². The highest BCUT2D eigenvalue weighted by atomic mass is 19.4. The van der Waals surface area contributed by atoms with E-state index in [0.29, 0.717) is 47.3 Å². The molecule has 3 aromatic heterocycles. The van der Waals surface area contributed by atoms with Crippen molar-refractivity contribution >= 4 is 17.4 Å². The third-order valence-electron chi connectivity index (χ3n) is 4.48. The summed E-state index contributed by atoms with van der Waals surface area (Å²) < 4.78 is 41.0. The predicted octanol–water partition coefficient (Wildman–Crippen LogP) is 4.21. The van der Waals surface area contributed by atoms with E-state index in [1.807, 2.05) is 6.07 Å². The number of hydrogen-bond donors (Lipinski definition) is 2. The number of hydrogen-bond acceptors (Lipinski definition) is 6. The lowest BCUT2D eigenvalue weighted by atomic mass is 10.1. The van der Waals surface area contributed by atoms with E-state index >= 15 is 0 Å². The Bertz CT molecular complexity index is 1240. The first-order chi connectivity index (χ1) is 14.9. The van der Waals surface area contributed by atoms with E-state index in [1.165, 1.54) is 12.3 Å². The Morgan fingerprint density at radius 1 is 1.03 bits per heavy atom. The molecule has 0 unspecified atom stereocenters. The number of aromatic nitrogens is 4. The molecule has 0 atom stereocenters. The second kappa shape index (κ2) is 8.31. The topological polar surface area (TPSA) is 90.9 Å². The molecule has 0 bridgehead atoms. The van der Waals surface area contributed by atoms with Gasteiger partial charge < -0.3 is 10.6 Å². The summed E-state index contributed by atoms with van der Waals surface area (Å²) in [6.45, 7) is 0.971. The summed E-state index contributed by atoms with van der Waals surface area (Å²) in [6.07, 6.45) is 0.359. The van der Waals surface area contributed by atoms with Gasteiger partial charge in [-0.2, -0.15) is 18.4 Å². The molecule has 0 aliphatic carbocycles. The Morgan fingerprint density at radius 2 is 1.87 bits per heavy atom. The molecule has 0 aliphatic heterocycles. The number of anilines is 2. The average molecular weight is 423 g/mol. The Hall–Kier alpha value is -4.13. The summed E-state index contributed by atoms with van der Waals surface area (Å²) in [5.74, 6) is 1.08. The predicted molar refractivity (Wildman–Crippen MR) is 109 cm³/mol. The smallest absolute Gasteiger partial charge is 0.368 e. The average Bonchev–Trinajstić information content (AvgIpc) is 3.25. The number of pyridine rings is 1. The molecule has 0 saturated heterocycles. The molecule has 0 amide bonds. The lowest BCUT2D eigenvalue weighted by Crippen LogP contribution is -2.17. The minimum atomic E-state index is -4.43. The lowest BCUT2D eigenvalue weighted by molar-refractivity contribution is -0.137. The van der Waals surface area contributed by atoms with Crippen molar-refractivity contribution in [3.63, 3.8) is 0 Å². The molecule has 1 aromatic carbocycles. The van der Waals surface area contributed by atoms with E-state index in [4.69, 9.17) is 5.26 Å². The molecule has 2 N–H and O–H groups in total. The van der Waals surface area contributed by atoms with Crippen molar-refractivity contribution in [2.75, 3.05) is 23.7 Å². The fourth-order valence-corrected chi connectivity index (χ4v) is 2.98. The van der Waals surface area contributed by atoms with Crippen LogP contribution in [0.15, 0.2) is 61.1 Å². The number of nitriles is 1. The van der Waals surface area contributed by atoms with Crippen LogP contribution in [0.2, 0.25) is 0 Å². The first kappa shape index (κ1) is 20.2. The third-order valence-corrected chi connectivity index (χ3v) is 4.48. The van der Waals surface area contributed by atoms with Gasteiger partial charge in [-0.15, -0.1) is 0 Å². The number of nitrogens with one attached hydrogen (secondary N) is 2.